The van der Waals surface area contributed by atoms with Crippen LogP contribution < -0.4 is 10.6 Å². The van der Waals surface area contributed by atoms with Gasteiger partial charge in [0.2, 0.25) is 11.8 Å². The van der Waals surface area contributed by atoms with Crippen molar-refractivity contribution in [3.63, 3.8) is 0 Å². The minimum absolute atomic E-state index is 0.0359. The standard InChI is InChI=1S/C29H47N3O5/c1-8-19(3)24(31-28(36)37-29(5,6)7)27(35)32(20(4)9-2)25(22-17-13-14-18-23(22)33)26(34)30-21-15-11-10-12-16-21/h13-14,17-21,24-25,33H,8-12,15-16H2,1-7H3,(H,30,34)(H,31,36). The molecule has 208 valence electrons. The minimum Gasteiger partial charge on any atom is -0.508 e. The summed E-state index contributed by atoms with van der Waals surface area (Å²) >= 11 is 0. The highest BCUT2D eigenvalue weighted by Crippen LogP contribution is 2.33. The lowest BCUT2D eigenvalue weighted by molar-refractivity contribution is -0.146. The number of nitrogens with one attached hydrogen (secondary N) is 2. The molecule has 4 unspecified atom stereocenters. The number of benzene rings is 1. The van der Waals surface area contributed by atoms with Gasteiger partial charge in [0.15, 0.2) is 0 Å². The van der Waals surface area contributed by atoms with E-state index in [2.05, 4.69) is 10.6 Å². The lowest BCUT2D eigenvalue weighted by Crippen LogP contribution is -2.57. The van der Waals surface area contributed by atoms with E-state index in [0.29, 0.717) is 18.4 Å². The smallest absolute Gasteiger partial charge is 0.408 e. The summed E-state index contributed by atoms with van der Waals surface area (Å²) in [5, 5.41) is 16.7. The largest absolute Gasteiger partial charge is 0.508 e. The van der Waals surface area contributed by atoms with E-state index in [4.69, 9.17) is 4.74 Å². The quantitative estimate of drug-likeness (QED) is 0.383. The molecule has 8 nitrogen and oxygen atoms in total. The lowest BCUT2D eigenvalue weighted by Gasteiger charge is -2.40. The molecule has 0 aliphatic heterocycles. The highest BCUT2D eigenvalue weighted by molar-refractivity contribution is 5.93. The molecule has 0 bridgehead atoms. The number of rotatable bonds is 10. The molecule has 1 aromatic rings. The van der Waals surface area contributed by atoms with Crippen LogP contribution in [-0.4, -0.2) is 51.6 Å². The Morgan fingerprint density at radius 2 is 1.68 bits per heavy atom. The molecule has 4 atom stereocenters. The second kappa shape index (κ2) is 13.7. The number of amides is 3. The third kappa shape index (κ3) is 8.64. The Morgan fingerprint density at radius 1 is 1.05 bits per heavy atom. The third-order valence-corrected chi connectivity index (χ3v) is 7.18. The van der Waals surface area contributed by atoms with Crippen LogP contribution >= 0.6 is 0 Å². The van der Waals surface area contributed by atoms with E-state index in [9.17, 15) is 19.5 Å². The molecule has 0 heterocycles. The number of para-hydroxylation sites is 1. The SMILES string of the molecule is CCC(C)C(NC(=O)OC(C)(C)C)C(=O)N(C(C)CC)C(C(=O)NC1CCCCC1)c1ccccc1O. The van der Waals surface area contributed by atoms with Crippen LogP contribution in [-0.2, 0) is 14.3 Å². The molecular weight excluding hydrogens is 470 g/mol. The van der Waals surface area contributed by atoms with Gasteiger partial charge in [0.25, 0.3) is 0 Å². The molecule has 0 spiro atoms. The number of alkyl carbamates (subject to hydrolysis) is 1. The molecule has 2 rings (SSSR count). The molecule has 0 saturated heterocycles. The summed E-state index contributed by atoms with van der Waals surface area (Å²) in [6.07, 6.45) is 5.59. The maximum absolute atomic E-state index is 14.3. The predicted molar refractivity (Wildman–Crippen MR) is 145 cm³/mol. The molecule has 1 aliphatic carbocycles. The van der Waals surface area contributed by atoms with Crippen LogP contribution in [0.15, 0.2) is 24.3 Å². The summed E-state index contributed by atoms with van der Waals surface area (Å²) in [6.45, 7) is 13.0. The van der Waals surface area contributed by atoms with Crippen molar-refractivity contribution in [2.75, 3.05) is 0 Å². The molecule has 3 N–H and O–H groups in total. The number of phenolic OH excluding ortho intramolecular Hbond substituents is 1. The van der Waals surface area contributed by atoms with Gasteiger partial charge in [-0.25, -0.2) is 4.79 Å². The molecule has 0 radical (unpaired) electrons. The van der Waals surface area contributed by atoms with Gasteiger partial charge in [0, 0.05) is 17.6 Å². The van der Waals surface area contributed by atoms with Crippen molar-refractivity contribution in [1.82, 2.24) is 15.5 Å². The van der Waals surface area contributed by atoms with E-state index in [1.54, 1.807) is 43.9 Å². The van der Waals surface area contributed by atoms with E-state index in [1.807, 2.05) is 27.7 Å². The average molecular weight is 518 g/mol. The number of ether oxygens (including phenoxy) is 1. The zero-order valence-corrected chi connectivity index (χ0v) is 23.7. The Bertz CT molecular complexity index is 907. The number of hydrogen-bond donors (Lipinski definition) is 3. The van der Waals surface area contributed by atoms with E-state index in [1.165, 1.54) is 6.07 Å². The van der Waals surface area contributed by atoms with Crippen LogP contribution in [0.25, 0.3) is 0 Å². The first-order chi connectivity index (χ1) is 17.4. The maximum atomic E-state index is 14.3. The van der Waals surface area contributed by atoms with E-state index >= 15 is 0 Å². The Morgan fingerprint density at radius 3 is 2.22 bits per heavy atom. The average Bonchev–Trinajstić information content (AvgIpc) is 2.84. The number of aromatic hydroxyl groups is 1. The molecule has 37 heavy (non-hydrogen) atoms. The Hall–Kier alpha value is -2.77. The van der Waals surface area contributed by atoms with Crippen molar-refractivity contribution >= 4 is 17.9 Å². The normalized spacial score (nSPS) is 17.7. The summed E-state index contributed by atoms with van der Waals surface area (Å²) in [6, 6.07) is 4.41. The minimum atomic E-state index is -1.04. The van der Waals surface area contributed by atoms with Gasteiger partial charge >= 0.3 is 6.09 Å². The van der Waals surface area contributed by atoms with Crippen LogP contribution in [0.3, 0.4) is 0 Å². The summed E-state index contributed by atoms with van der Waals surface area (Å²) in [7, 11) is 0. The molecule has 1 saturated carbocycles. The van der Waals surface area contributed by atoms with Crippen molar-refractivity contribution in [1.29, 1.82) is 0 Å². The lowest BCUT2D eigenvalue weighted by atomic mass is 9.92. The Kier molecular flexibility index (Phi) is 11.3. The predicted octanol–water partition coefficient (Wildman–Crippen LogP) is 5.45. The van der Waals surface area contributed by atoms with E-state index < -0.39 is 23.8 Å². The van der Waals surface area contributed by atoms with Crippen molar-refractivity contribution < 1.29 is 24.2 Å². The molecule has 1 fully saturated rings. The van der Waals surface area contributed by atoms with Crippen LogP contribution in [0, 0.1) is 5.92 Å². The monoisotopic (exact) mass is 517 g/mol. The highest BCUT2D eigenvalue weighted by Gasteiger charge is 2.41. The summed E-state index contributed by atoms with van der Waals surface area (Å²) in [5.74, 6) is -0.950. The molecular formula is C29H47N3O5. The fourth-order valence-electron chi connectivity index (χ4n) is 4.74. The molecule has 1 aliphatic rings. The first kappa shape index (κ1) is 30.5. The Labute approximate surface area is 222 Å². The molecule has 3 amide bonds. The molecule has 1 aromatic carbocycles. The fraction of sp³-hybridized carbons (Fsp3) is 0.690. The second-order valence-electron chi connectivity index (χ2n) is 11.3. The first-order valence-electron chi connectivity index (χ1n) is 13.8. The van der Waals surface area contributed by atoms with Crippen LogP contribution in [0.2, 0.25) is 0 Å². The van der Waals surface area contributed by atoms with Crippen LogP contribution in [0.4, 0.5) is 4.79 Å². The zero-order chi connectivity index (χ0) is 27.8. The van der Waals surface area contributed by atoms with E-state index in [0.717, 1.165) is 32.1 Å². The Balaban J connectivity index is 2.52. The van der Waals surface area contributed by atoms with Gasteiger partial charge in [0.05, 0.1) is 0 Å². The topological polar surface area (TPSA) is 108 Å². The highest BCUT2D eigenvalue weighted by atomic mass is 16.6. The van der Waals surface area contributed by atoms with Gasteiger partial charge in [-0.3, -0.25) is 9.59 Å². The van der Waals surface area contributed by atoms with Crippen molar-refractivity contribution in [2.24, 2.45) is 5.92 Å². The number of carbonyl (C=O) groups excluding carboxylic acids is 3. The number of phenols is 1. The van der Waals surface area contributed by atoms with Gasteiger partial charge in [0.1, 0.15) is 23.4 Å². The number of nitrogens with zero attached hydrogens (tertiary/aromatic N) is 1. The summed E-state index contributed by atoms with van der Waals surface area (Å²) < 4.78 is 5.45. The van der Waals surface area contributed by atoms with Crippen molar-refractivity contribution in [3.05, 3.63) is 29.8 Å². The van der Waals surface area contributed by atoms with Crippen LogP contribution in [0.1, 0.15) is 105 Å². The molecule has 8 heteroatoms. The van der Waals surface area contributed by atoms with Crippen molar-refractivity contribution in [3.8, 4) is 5.75 Å². The summed E-state index contributed by atoms with van der Waals surface area (Å²) in [4.78, 5) is 42.4. The van der Waals surface area contributed by atoms with Gasteiger partial charge in [-0.2, -0.15) is 0 Å². The second-order valence-corrected chi connectivity index (χ2v) is 11.3. The first-order valence-corrected chi connectivity index (χ1v) is 13.8. The van der Waals surface area contributed by atoms with Gasteiger partial charge in [-0.15, -0.1) is 0 Å². The fourth-order valence-corrected chi connectivity index (χ4v) is 4.74. The number of carbonyl (C=O) groups is 3. The van der Waals surface area contributed by atoms with Gasteiger partial charge in [-0.05, 0) is 58.9 Å². The molecule has 0 aromatic heterocycles. The summed E-state index contributed by atoms with van der Waals surface area (Å²) in [5.41, 5.74) is -0.355. The van der Waals surface area contributed by atoms with Crippen molar-refractivity contribution in [2.45, 2.75) is 123 Å². The van der Waals surface area contributed by atoms with E-state index in [-0.39, 0.29) is 35.6 Å². The third-order valence-electron chi connectivity index (χ3n) is 7.18. The van der Waals surface area contributed by atoms with Gasteiger partial charge in [-0.1, -0.05) is 64.7 Å². The maximum Gasteiger partial charge on any atom is 0.408 e. The van der Waals surface area contributed by atoms with Gasteiger partial charge < -0.3 is 25.4 Å². The number of hydrogen-bond acceptors (Lipinski definition) is 5. The van der Waals surface area contributed by atoms with Crippen LogP contribution in [0.5, 0.6) is 5.75 Å². The zero-order valence-electron chi connectivity index (χ0n) is 23.7.